The van der Waals surface area contributed by atoms with Crippen LogP contribution in [0.15, 0.2) is 42.6 Å². The Bertz CT molecular complexity index is 891. The predicted octanol–water partition coefficient (Wildman–Crippen LogP) is 0.858. The number of hydrogen-bond acceptors (Lipinski definition) is 5. The summed E-state index contributed by atoms with van der Waals surface area (Å²) < 4.78 is 1.43. The van der Waals surface area contributed by atoms with E-state index in [2.05, 4.69) is 20.4 Å². The van der Waals surface area contributed by atoms with E-state index in [0.29, 0.717) is 0 Å². The topological polar surface area (TPSA) is 109 Å². The van der Waals surface area contributed by atoms with Crippen LogP contribution < -0.4 is 5.32 Å². The highest BCUT2D eigenvalue weighted by molar-refractivity contribution is 5.93. The first kappa shape index (κ1) is 15.6. The number of aromatic nitrogens is 4. The molecule has 8 heteroatoms. The summed E-state index contributed by atoms with van der Waals surface area (Å²) >= 11 is 0. The number of carbonyl (C=O) groups excluding carboxylic acids is 1. The van der Waals surface area contributed by atoms with E-state index in [0.717, 1.165) is 11.3 Å². The smallest absolute Gasteiger partial charge is 0.326 e. The summed E-state index contributed by atoms with van der Waals surface area (Å²) in [6, 6.07) is 9.74. The fourth-order valence-electron chi connectivity index (χ4n) is 2.28. The molecule has 0 aliphatic rings. The number of aryl methyl sites for hydroxylation is 1. The quantitative estimate of drug-likeness (QED) is 0.720. The molecule has 24 heavy (non-hydrogen) atoms. The number of rotatable bonds is 5. The highest BCUT2D eigenvalue weighted by Crippen LogP contribution is 2.06. The molecule has 0 spiro atoms. The second-order valence-corrected chi connectivity index (χ2v) is 5.29. The zero-order valence-corrected chi connectivity index (χ0v) is 12.9. The van der Waals surface area contributed by atoms with Crippen molar-refractivity contribution in [2.45, 2.75) is 19.4 Å². The number of amides is 1. The highest BCUT2D eigenvalue weighted by atomic mass is 16.4. The summed E-state index contributed by atoms with van der Waals surface area (Å²) in [7, 11) is 0. The molecule has 2 aromatic heterocycles. The number of aliphatic carboxylic acids is 1. The minimum Gasteiger partial charge on any atom is -0.480 e. The lowest BCUT2D eigenvalue weighted by atomic mass is 10.1. The van der Waals surface area contributed by atoms with E-state index >= 15 is 0 Å². The summed E-state index contributed by atoms with van der Waals surface area (Å²) in [5.41, 5.74) is 1.58. The van der Waals surface area contributed by atoms with Crippen LogP contribution in [0.4, 0.5) is 0 Å². The van der Waals surface area contributed by atoms with E-state index in [-0.39, 0.29) is 18.0 Å². The van der Waals surface area contributed by atoms with E-state index < -0.39 is 17.9 Å². The Morgan fingerprint density at radius 1 is 1.25 bits per heavy atom. The largest absolute Gasteiger partial charge is 0.480 e. The number of nitrogens with zero attached hydrogens (tertiary/aromatic N) is 4. The maximum atomic E-state index is 12.3. The Balaban J connectivity index is 1.79. The average molecular weight is 325 g/mol. The van der Waals surface area contributed by atoms with Crippen LogP contribution >= 0.6 is 0 Å². The Kier molecular flexibility index (Phi) is 4.19. The van der Waals surface area contributed by atoms with Crippen LogP contribution in [0.2, 0.25) is 0 Å². The first-order chi connectivity index (χ1) is 11.5. The van der Waals surface area contributed by atoms with Gasteiger partial charge in [-0.05, 0) is 18.6 Å². The Labute approximate surface area is 137 Å². The molecule has 3 rings (SSSR count). The number of carboxylic acid groups (broad SMARTS) is 1. The summed E-state index contributed by atoms with van der Waals surface area (Å²) in [5, 5.41) is 15.9. The zero-order valence-electron chi connectivity index (χ0n) is 12.9. The minimum absolute atomic E-state index is 0.115. The van der Waals surface area contributed by atoms with Gasteiger partial charge in [0.25, 0.3) is 11.7 Å². The van der Waals surface area contributed by atoms with Crippen molar-refractivity contribution in [3.05, 3.63) is 59.7 Å². The van der Waals surface area contributed by atoms with Gasteiger partial charge in [-0.1, -0.05) is 30.3 Å². The van der Waals surface area contributed by atoms with Crippen molar-refractivity contribution in [3.8, 4) is 0 Å². The standard InChI is InChI=1S/C16H15N5O3/c1-10-7-8-17-16-19-13(20-21(10)16)14(22)18-12(15(23)24)9-11-5-3-2-4-6-11/h2-8,12H,9H2,1H3,(H,18,22)(H,23,24). The fourth-order valence-corrected chi connectivity index (χ4v) is 2.28. The normalized spacial score (nSPS) is 12.0. The lowest BCUT2D eigenvalue weighted by Gasteiger charge is -2.13. The maximum Gasteiger partial charge on any atom is 0.326 e. The first-order valence-corrected chi connectivity index (χ1v) is 7.30. The molecule has 0 bridgehead atoms. The number of benzene rings is 1. The number of carbonyl (C=O) groups is 2. The van der Waals surface area contributed by atoms with Crippen LogP contribution in [0.5, 0.6) is 0 Å². The van der Waals surface area contributed by atoms with Gasteiger partial charge >= 0.3 is 5.97 Å². The van der Waals surface area contributed by atoms with Crippen LogP contribution in [-0.4, -0.2) is 42.6 Å². The molecule has 2 heterocycles. The Hall–Kier alpha value is -3.29. The van der Waals surface area contributed by atoms with Crippen molar-refractivity contribution in [2.24, 2.45) is 0 Å². The Morgan fingerprint density at radius 3 is 2.67 bits per heavy atom. The van der Waals surface area contributed by atoms with Crippen molar-refractivity contribution < 1.29 is 14.7 Å². The molecule has 122 valence electrons. The van der Waals surface area contributed by atoms with Crippen molar-refractivity contribution in [3.63, 3.8) is 0 Å². The summed E-state index contributed by atoms with van der Waals surface area (Å²) in [6.45, 7) is 1.81. The molecule has 1 aromatic carbocycles. The zero-order chi connectivity index (χ0) is 17.1. The van der Waals surface area contributed by atoms with Crippen LogP contribution in [-0.2, 0) is 11.2 Å². The maximum absolute atomic E-state index is 12.3. The van der Waals surface area contributed by atoms with Crippen LogP contribution in [0, 0.1) is 6.92 Å². The second-order valence-electron chi connectivity index (χ2n) is 5.29. The molecule has 0 radical (unpaired) electrons. The lowest BCUT2D eigenvalue weighted by Crippen LogP contribution is -2.42. The summed E-state index contributed by atoms with van der Waals surface area (Å²) in [4.78, 5) is 31.8. The van der Waals surface area contributed by atoms with E-state index in [4.69, 9.17) is 0 Å². The van der Waals surface area contributed by atoms with Crippen molar-refractivity contribution in [2.75, 3.05) is 0 Å². The van der Waals surface area contributed by atoms with Gasteiger partial charge in [0.05, 0.1) is 0 Å². The van der Waals surface area contributed by atoms with Crippen LogP contribution in [0.25, 0.3) is 5.78 Å². The van der Waals surface area contributed by atoms with Crippen molar-refractivity contribution in [1.82, 2.24) is 24.9 Å². The van der Waals surface area contributed by atoms with Gasteiger partial charge in [0.1, 0.15) is 6.04 Å². The molecular formula is C16H15N5O3. The summed E-state index contributed by atoms with van der Waals surface area (Å²) in [5.74, 6) is -1.60. The number of carboxylic acids is 1. The monoisotopic (exact) mass is 325 g/mol. The Morgan fingerprint density at radius 2 is 2.00 bits per heavy atom. The van der Waals surface area contributed by atoms with Crippen LogP contribution in [0.1, 0.15) is 21.9 Å². The predicted molar refractivity (Wildman–Crippen MR) is 84.6 cm³/mol. The number of nitrogens with one attached hydrogen (secondary N) is 1. The molecule has 1 unspecified atom stereocenters. The van der Waals surface area contributed by atoms with Gasteiger partial charge in [0.2, 0.25) is 5.82 Å². The third-order valence-electron chi connectivity index (χ3n) is 3.52. The van der Waals surface area contributed by atoms with Gasteiger partial charge in [-0.2, -0.15) is 4.98 Å². The average Bonchev–Trinajstić information content (AvgIpc) is 3.01. The van der Waals surface area contributed by atoms with Gasteiger partial charge < -0.3 is 10.4 Å². The third kappa shape index (κ3) is 3.22. The summed E-state index contributed by atoms with van der Waals surface area (Å²) in [6.07, 6.45) is 1.74. The van der Waals surface area contributed by atoms with Gasteiger partial charge in [-0.3, -0.25) is 4.79 Å². The molecule has 0 fully saturated rings. The van der Waals surface area contributed by atoms with E-state index in [9.17, 15) is 14.7 Å². The molecule has 0 saturated carbocycles. The van der Waals surface area contributed by atoms with E-state index in [1.165, 1.54) is 4.52 Å². The SMILES string of the molecule is Cc1ccnc2nc(C(=O)NC(Cc3ccccc3)C(=O)O)nn12. The first-order valence-electron chi connectivity index (χ1n) is 7.30. The fraction of sp³-hybridized carbons (Fsp3) is 0.188. The van der Waals surface area contributed by atoms with Gasteiger partial charge in [0, 0.05) is 18.3 Å². The van der Waals surface area contributed by atoms with Crippen LogP contribution in [0.3, 0.4) is 0 Å². The van der Waals surface area contributed by atoms with E-state index in [1.54, 1.807) is 31.3 Å². The molecular weight excluding hydrogens is 310 g/mol. The second kappa shape index (κ2) is 6.45. The van der Waals surface area contributed by atoms with E-state index in [1.807, 2.05) is 18.2 Å². The van der Waals surface area contributed by atoms with Crippen molar-refractivity contribution in [1.29, 1.82) is 0 Å². The van der Waals surface area contributed by atoms with Gasteiger partial charge in [-0.25, -0.2) is 14.3 Å². The number of fused-ring (bicyclic) bond motifs is 1. The molecule has 0 aliphatic carbocycles. The molecule has 1 atom stereocenters. The molecule has 8 nitrogen and oxygen atoms in total. The molecule has 1 amide bonds. The molecule has 0 aliphatic heterocycles. The molecule has 2 N–H and O–H groups in total. The molecule has 3 aromatic rings. The molecule has 0 saturated heterocycles. The highest BCUT2D eigenvalue weighted by Gasteiger charge is 2.23. The minimum atomic E-state index is -1.12. The van der Waals surface area contributed by atoms with Gasteiger partial charge in [-0.15, -0.1) is 5.10 Å². The van der Waals surface area contributed by atoms with Crippen molar-refractivity contribution >= 4 is 17.7 Å². The van der Waals surface area contributed by atoms with Gasteiger partial charge in [0.15, 0.2) is 0 Å². The lowest BCUT2D eigenvalue weighted by molar-refractivity contribution is -0.139. The number of hydrogen-bond donors (Lipinski definition) is 2. The third-order valence-corrected chi connectivity index (χ3v) is 3.52.